The Balaban J connectivity index is 2.24. The Morgan fingerprint density at radius 2 is 2.00 bits per heavy atom. The van der Waals surface area contributed by atoms with Crippen LogP contribution in [0, 0.1) is 10.8 Å². The summed E-state index contributed by atoms with van der Waals surface area (Å²) in [6, 6.07) is 0.587. The number of thiol groups is 1. The van der Waals surface area contributed by atoms with Crippen molar-refractivity contribution in [3.8, 4) is 0 Å². The second-order valence-corrected chi connectivity index (χ2v) is 8.34. The minimum Gasteiger partial charge on any atom is -0.317 e. The van der Waals surface area contributed by atoms with E-state index < -0.39 is 0 Å². The normalized spacial score (nSPS) is 43.5. The van der Waals surface area contributed by atoms with Crippen molar-refractivity contribution in [3.63, 3.8) is 0 Å². The molecule has 4 atom stereocenters. The summed E-state index contributed by atoms with van der Waals surface area (Å²) in [7, 11) is 4.36. The van der Waals surface area contributed by atoms with E-state index in [0.717, 1.165) is 0 Å². The van der Waals surface area contributed by atoms with E-state index >= 15 is 0 Å². The molecule has 4 unspecified atom stereocenters. The first-order valence-electron chi connectivity index (χ1n) is 8.45. The van der Waals surface area contributed by atoms with E-state index in [9.17, 15) is 0 Å². The summed E-state index contributed by atoms with van der Waals surface area (Å²) >= 11 is 5.30. The summed E-state index contributed by atoms with van der Waals surface area (Å²) in [5.41, 5.74) is 0.863. The summed E-state index contributed by atoms with van der Waals surface area (Å²) in [6.07, 6.45) is 7.83. The molecule has 118 valence electrons. The van der Waals surface area contributed by atoms with Gasteiger partial charge in [-0.05, 0) is 77.0 Å². The minimum atomic E-state index is 0.255. The number of rotatable bonds is 5. The zero-order valence-electron chi connectivity index (χ0n) is 14.1. The largest absolute Gasteiger partial charge is 0.317 e. The quantitative estimate of drug-likeness (QED) is 0.754. The Morgan fingerprint density at radius 3 is 2.60 bits per heavy atom. The molecule has 0 radical (unpaired) electrons. The molecule has 2 rings (SSSR count). The number of hydrogen-bond acceptors (Lipinski definition) is 3. The maximum Gasteiger partial charge on any atom is 0.0252 e. The molecular formula is C17H34N2S. The van der Waals surface area contributed by atoms with Gasteiger partial charge in [-0.1, -0.05) is 20.3 Å². The van der Waals surface area contributed by atoms with E-state index in [1.165, 1.54) is 51.6 Å². The van der Waals surface area contributed by atoms with Crippen molar-refractivity contribution in [1.29, 1.82) is 0 Å². The molecule has 0 aromatic carbocycles. The van der Waals surface area contributed by atoms with Crippen molar-refractivity contribution >= 4 is 12.6 Å². The van der Waals surface area contributed by atoms with Crippen LogP contribution >= 0.6 is 12.6 Å². The molecule has 0 amide bonds. The lowest BCUT2D eigenvalue weighted by Gasteiger charge is -2.23. The highest BCUT2D eigenvalue weighted by atomic mass is 32.1. The first-order valence-corrected chi connectivity index (χ1v) is 8.90. The van der Waals surface area contributed by atoms with Gasteiger partial charge in [0.05, 0.1) is 0 Å². The van der Waals surface area contributed by atoms with Crippen LogP contribution in [0.3, 0.4) is 0 Å². The van der Waals surface area contributed by atoms with Gasteiger partial charge in [-0.15, -0.1) is 0 Å². The van der Waals surface area contributed by atoms with Crippen LogP contribution < -0.4 is 5.32 Å². The molecule has 1 heterocycles. The maximum absolute atomic E-state index is 5.30. The molecule has 0 aromatic rings. The van der Waals surface area contributed by atoms with Crippen LogP contribution in [-0.2, 0) is 0 Å². The molecule has 1 saturated carbocycles. The van der Waals surface area contributed by atoms with Crippen LogP contribution in [0.4, 0.5) is 0 Å². The average Bonchev–Trinajstić information content (AvgIpc) is 2.89. The minimum absolute atomic E-state index is 0.255. The van der Waals surface area contributed by atoms with Gasteiger partial charge in [0.2, 0.25) is 0 Å². The Hall–Kier alpha value is 0.270. The lowest BCUT2D eigenvalue weighted by Crippen LogP contribution is -2.27. The first kappa shape index (κ1) is 16.6. The molecule has 2 nitrogen and oxygen atoms in total. The molecule has 0 aromatic heterocycles. The van der Waals surface area contributed by atoms with E-state index in [0.29, 0.717) is 16.9 Å². The summed E-state index contributed by atoms with van der Waals surface area (Å²) < 4.78 is 0.255. The van der Waals surface area contributed by atoms with Crippen molar-refractivity contribution in [1.82, 2.24) is 10.2 Å². The number of likely N-dealkylation sites (tertiary alicyclic amines) is 1. The van der Waals surface area contributed by atoms with Crippen LogP contribution in [0.5, 0.6) is 0 Å². The van der Waals surface area contributed by atoms with E-state index in [4.69, 9.17) is 12.6 Å². The highest BCUT2D eigenvalue weighted by Crippen LogP contribution is 2.82. The van der Waals surface area contributed by atoms with Gasteiger partial charge in [-0.2, -0.15) is 12.6 Å². The number of nitrogens with one attached hydrogen (secondary N) is 1. The monoisotopic (exact) mass is 298 g/mol. The van der Waals surface area contributed by atoms with Crippen molar-refractivity contribution in [2.24, 2.45) is 10.8 Å². The third kappa shape index (κ3) is 2.24. The predicted molar refractivity (Wildman–Crippen MR) is 91.7 cm³/mol. The molecule has 2 fully saturated rings. The van der Waals surface area contributed by atoms with Gasteiger partial charge in [0.1, 0.15) is 0 Å². The third-order valence-corrected chi connectivity index (χ3v) is 7.73. The van der Waals surface area contributed by atoms with Crippen molar-refractivity contribution in [2.75, 3.05) is 27.2 Å². The molecule has 1 aliphatic heterocycles. The SMILES string of the molecule is CCCC1(S)C(C)(CC(C)NC)C12CCCN(C)CC2. The topological polar surface area (TPSA) is 15.3 Å². The van der Waals surface area contributed by atoms with Gasteiger partial charge in [0.25, 0.3) is 0 Å². The molecule has 2 aliphatic rings. The van der Waals surface area contributed by atoms with Gasteiger partial charge in [0, 0.05) is 10.8 Å². The second kappa shape index (κ2) is 5.81. The number of nitrogens with zero attached hydrogens (tertiary/aromatic N) is 1. The average molecular weight is 299 g/mol. The lowest BCUT2D eigenvalue weighted by molar-refractivity contribution is 0.274. The zero-order chi connectivity index (χ0) is 15.0. The molecule has 1 aliphatic carbocycles. The van der Waals surface area contributed by atoms with Gasteiger partial charge in [-0.25, -0.2) is 0 Å². The van der Waals surface area contributed by atoms with Gasteiger partial charge in [0.15, 0.2) is 0 Å². The molecule has 1 saturated heterocycles. The van der Waals surface area contributed by atoms with Gasteiger partial charge in [-0.3, -0.25) is 0 Å². The lowest BCUT2D eigenvalue weighted by atomic mass is 9.84. The van der Waals surface area contributed by atoms with Crippen molar-refractivity contribution < 1.29 is 0 Å². The van der Waals surface area contributed by atoms with Crippen LogP contribution in [0.25, 0.3) is 0 Å². The fourth-order valence-electron chi connectivity index (χ4n) is 5.21. The number of hydrogen-bond donors (Lipinski definition) is 2. The van der Waals surface area contributed by atoms with Crippen LogP contribution in [-0.4, -0.2) is 42.9 Å². The van der Waals surface area contributed by atoms with Crippen molar-refractivity contribution in [3.05, 3.63) is 0 Å². The highest BCUT2D eigenvalue weighted by molar-refractivity contribution is 7.82. The van der Waals surface area contributed by atoms with Crippen molar-refractivity contribution in [2.45, 2.75) is 70.1 Å². The zero-order valence-corrected chi connectivity index (χ0v) is 15.0. The second-order valence-electron chi connectivity index (χ2n) is 7.58. The fraction of sp³-hybridized carbons (Fsp3) is 1.00. The predicted octanol–water partition coefficient (Wildman–Crippen LogP) is 3.58. The summed E-state index contributed by atoms with van der Waals surface area (Å²) in [4.78, 5) is 2.51. The van der Waals surface area contributed by atoms with Crippen LogP contribution in [0.2, 0.25) is 0 Å². The summed E-state index contributed by atoms with van der Waals surface area (Å²) in [6.45, 7) is 9.66. The van der Waals surface area contributed by atoms with E-state index in [1.54, 1.807) is 0 Å². The Kier molecular flexibility index (Phi) is 4.83. The molecule has 20 heavy (non-hydrogen) atoms. The standard InChI is InChI=1S/C17H34N2S/c1-6-8-17(20)15(3,13-14(2)18-4)16(17)9-7-11-19(5)12-10-16/h14,18,20H,6-13H2,1-5H3. The fourth-order valence-corrected chi connectivity index (χ4v) is 6.15. The van der Waals surface area contributed by atoms with Gasteiger partial charge >= 0.3 is 0 Å². The molecular weight excluding hydrogens is 264 g/mol. The molecule has 1 N–H and O–H groups in total. The third-order valence-electron chi connectivity index (χ3n) is 6.58. The van der Waals surface area contributed by atoms with E-state index in [-0.39, 0.29) is 4.75 Å². The maximum atomic E-state index is 5.30. The smallest absolute Gasteiger partial charge is 0.0252 e. The summed E-state index contributed by atoms with van der Waals surface area (Å²) in [5.74, 6) is 0. The Morgan fingerprint density at radius 1 is 1.30 bits per heavy atom. The first-order chi connectivity index (χ1) is 9.37. The Bertz CT molecular complexity index is 348. The molecule has 3 heteroatoms. The molecule has 1 spiro atoms. The highest BCUT2D eigenvalue weighted by Gasteiger charge is 2.80. The molecule has 0 bridgehead atoms. The van der Waals surface area contributed by atoms with Crippen LogP contribution in [0.1, 0.15) is 59.3 Å². The van der Waals surface area contributed by atoms with E-state index in [2.05, 4.69) is 45.1 Å². The van der Waals surface area contributed by atoms with Crippen LogP contribution in [0.15, 0.2) is 0 Å². The van der Waals surface area contributed by atoms with Gasteiger partial charge < -0.3 is 10.2 Å². The Labute approximate surface area is 131 Å². The van der Waals surface area contributed by atoms with E-state index in [1.807, 2.05) is 0 Å². The summed E-state index contributed by atoms with van der Waals surface area (Å²) in [5, 5.41) is 3.44.